The summed E-state index contributed by atoms with van der Waals surface area (Å²) in [6.07, 6.45) is 4.44. The lowest BCUT2D eigenvalue weighted by atomic mass is 10.0. The molecule has 6 amide bonds. The van der Waals surface area contributed by atoms with Crippen LogP contribution in [0.2, 0.25) is 0 Å². The fourth-order valence-corrected chi connectivity index (χ4v) is 7.57. The van der Waals surface area contributed by atoms with Crippen molar-refractivity contribution in [2.24, 2.45) is 17.6 Å². The SMILES string of the molecule is CC(=O)N1CC(OCCCCc2ccccc2)CC1C(=O)NC(CC(C)C)C(=O)NC(Cc1cnc[nH]1)C(=O)NC(CO)C(=O)NC(C(N)=O)C(C)CP(=O)(O)O. The Morgan fingerprint density at radius 1 is 0.965 bits per heavy atom. The van der Waals surface area contributed by atoms with Crippen LogP contribution in [0.4, 0.5) is 0 Å². The number of carbonyl (C=O) groups is 6. The van der Waals surface area contributed by atoms with Gasteiger partial charge in [0, 0.05) is 44.8 Å². The fraction of sp³-hybridized carbons (Fsp3) is 0.595. The van der Waals surface area contributed by atoms with E-state index in [1.54, 1.807) is 0 Å². The molecule has 2 heterocycles. The first-order valence-electron chi connectivity index (χ1n) is 18.9. The second kappa shape index (κ2) is 22.3. The lowest BCUT2D eigenvalue weighted by Crippen LogP contribution is -2.60. The largest absolute Gasteiger partial charge is 0.394 e. The van der Waals surface area contributed by atoms with Crippen molar-refractivity contribution in [3.05, 3.63) is 54.1 Å². The minimum Gasteiger partial charge on any atom is -0.394 e. The molecule has 316 valence electrons. The van der Waals surface area contributed by atoms with Crippen LogP contribution in [0.5, 0.6) is 0 Å². The average Bonchev–Trinajstić information content (AvgIpc) is 3.82. The van der Waals surface area contributed by atoms with Crippen LogP contribution in [0.15, 0.2) is 42.9 Å². The van der Waals surface area contributed by atoms with Gasteiger partial charge in [-0.25, -0.2) is 4.98 Å². The molecule has 19 nitrogen and oxygen atoms in total. The molecule has 0 saturated carbocycles. The van der Waals surface area contributed by atoms with Crippen molar-refractivity contribution in [2.45, 2.75) is 103 Å². The van der Waals surface area contributed by atoms with Crippen molar-refractivity contribution in [2.75, 3.05) is 25.9 Å². The Hall–Kier alpha value is -4.68. The number of benzene rings is 1. The van der Waals surface area contributed by atoms with Gasteiger partial charge in [0.1, 0.15) is 30.2 Å². The maximum absolute atomic E-state index is 13.9. The lowest BCUT2D eigenvalue weighted by molar-refractivity contribution is -0.139. The number of aliphatic hydroxyl groups is 1. The van der Waals surface area contributed by atoms with Crippen LogP contribution in [0.3, 0.4) is 0 Å². The van der Waals surface area contributed by atoms with Crippen LogP contribution in [0.1, 0.15) is 64.6 Å². The van der Waals surface area contributed by atoms with E-state index >= 15 is 0 Å². The number of aromatic nitrogens is 2. The number of hydrogen-bond donors (Lipinski definition) is 9. The summed E-state index contributed by atoms with van der Waals surface area (Å²) < 4.78 is 17.6. The molecule has 0 bridgehead atoms. The molecule has 2 aromatic rings. The highest BCUT2D eigenvalue weighted by molar-refractivity contribution is 7.51. The van der Waals surface area contributed by atoms with Crippen molar-refractivity contribution < 1.29 is 53.0 Å². The van der Waals surface area contributed by atoms with Crippen LogP contribution < -0.4 is 27.0 Å². The van der Waals surface area contributed by atoms with Gasteiger partial charge in [-0.05, 0) is 43.1 Å². The van der Waals surface area contributed by atoms with E-state index in [2.05, 4.69) is 43.4 Å². The van der Waals surface area contributed by atoms with Gasteiger partial charge < -0.3 is 56.5 Å². The number of rotatable bonds is 23. The van der Waals surface area contributed by atoms with Crippen molar-refractivity contribution in [1.29, 1.82) is 0 Å². The van der Waals surface area contributed by atoms with Gasteiger partial charge in [-0.1, -0.05) is 51.1 Å². The molecular weight excluding hydrogens is 763 g/mol. The van der Waals surface area contributed by atoms with Crippen molar-refractivity contribution in [3.63, 3.8) is 0 Å². The van der Waals surface area contributed by atoms with Crippen LogP contribution >= 0.6 is 7.60 Å². The maximum Gasteiger partial charge on any atom is 0.325 e. The third-order valence-electron chi connectivity index (χ3n) is 9.49. The molecule has 1 fully saturated rings. The number of aryl methyl sites for hydroxylation is 1. The normalized spacial score (nSPS) is 18.2. The first-order chi connectivity index (χ1) is 26.9. The number of hydrogen-bond acceptors (Lipinski definition) is 10. The predicted octanol–water partition coefficient (Wildman–Crippen LogP) is -0.742. The molecule has 1 saturated heterocycles. The summed E-state index contributed by atoms with van der Waals surface area (Å²) in [6, 6.07) is 3.42. The molecule has 0 spiro atoms. The molecule has 10 N–H and O–H groups in total. The zero-order valence-electron chi connectivity index (χ0n) is 32.8. The molecule has 1 aromatic carbocycles. The maximum atomic E-state index is 13.9. The first-order valence-corrected chi connectivity index (χ1v) is 20.7. The highest BCUT2D eigenvalue weighted by Crippen LogP contribution is 2.37. The topological polar surface area (TPSA) is 295 Å². The summed E-state index contributed by atoms with van der Waals surface area (Å²) in [4.78, 5) is 106. The number of imidazole rings is 1. The zero-order chi connectivity index (χ0) is 42.3. The summed E-state index contributed by atoms with van der Waals surface area (Å²) in [5.74, 6) is -5.95. The molecule has 0 radical (unpaired) electrons. The number of likely N-dealkylation sites (tertiary alicyclic amines) is 1. The molecule has 20 heteroatoms. The average molecular weight is 821 g/mol. The number of primary amides is 1. The van der Waals surface area contributed by atoms with Crippen LogP contribution in [-0.4, -0.2) is 127 Å². The van der Waals surface area contributed by atoms with E-state index < -0.39 is 86.0 Å². The number of ether oxygens (including phenoxy) is 1. The Morgan fingerprint density at radius 2 is 1.61 bits per heavy atom. The number of amides is 6. The Labute approximate surface area is 331 Å². The summed E-state index contributed by atoms with van der Waals surface area (Å²) in [7, 11) is -4.60. The summed E-state index contributed by atoms with van der Waals surface area (Å²) in [6.45, 7) is 6.03. The predicted molar refractivity (Wildman–Crippen MR) is 207 cm³/mol. The van der Waals surface area contributed by atoms with E-state index in [9.17, 15) is 48.2 Å². The number of carbonyl (C=O) groups excluding carboxylic acids is 6. The number of aliphatic hydroxyl groups excluding tert-OH is 1. The molecule has 57 heavy (non-hydrogen) atoms. The minimum absolute atomic E-state index is 0.103. The van der Waals surface area contributed by atoms with E-state index in [1.165, 1.54) is 36.8 Å². The Morgan fingerprint density at radius 3 is 2.19 bits per heavy atom. The molecule has 7 atom stereocenters. The fourth-order valence-electron chi connectivity index (χ4n) is 6.60. The van der Waals surface area contributed by atoms with Gasteiger partial charge in [0.15, 0.2) is 0 Å². The highest BCUT2D eigenvalue weighted by Gasteiger charge is 2.41. The van der Waals surface area contributed by atoms with Gasteiger partial charge >= 0.3 is 7.60 Å². The van der Waals surface area contributed by atoms with E-state index in [-0.39, 0.29) is 43.7 Å². The van der Waals surface area contributed by atoms with Crippen molar-refractivity contribution in [1.82, 2.24) is 36.1 Å². The van der Waals surface area contributed by atoms with E-state index in [1.807, 2.05) is 32.0 Å². The quantitative estimate of drug-likeness (QED) is 0.0495. The number of nitrogens with two attached hydrogens (primary N) is 1. The van der Waals surface area contributed by atoms with Crippen LogP contribution in [0, 0.1) is 11.8 Å². The second-order valence-corrected chi connectivity index (χ2v) is 16.5. The molecule has 1 aliphatic rings. The summed E-state index contributed by atoms with van der Waals surface area (Å²) >= 11 is 0. The van der Waals surface area contributed by atoms with Gasteiger partial charge in [0.05, 0.1) is 25.2 Å². The van der Waals surface area contributed by atoms with Gasteiger partial charge in [-0.2, -0.15) is 0 Å². The highest BCUT2D eigenvalue weighted by atomic mass is 31.2. The van der Waals surface area contributed by atoms with E-state index in [0.29, 0.717) is 12.3 Å². The lowest BCUT2D eigenvalue weighted by Gasteiger charge is -2.28. The molecule has 7 unspecified atom stereocenters. The second-order valence-electron chi connectivity index (χ2n) is 14.8. The Bertz CT molecular complexity index is 1690. The van der Waals surface area contributed by atoms with Crippen LogP contribution in [0.25, 0.3) is 0 Å². The first kappa shape index (κ1) is 46.7. The number of nitrogens with one attached hydrogen (secondary N) is 5. The third-order valence-corrected chi connectivity index (χ3v) is 10.5. The molecule has 1 aromatic heterocycles. The van der Waals surface area contributed by atoms with E-state index in [0.717, 1.165) is 19.3 Å². The number of H-pyrrole nitrogens is 1. The Kier molecular flexibility index (Phi) is 18.3. The minimum atomic E-state index is -4.60. The third kappa shape index (κ3) is 15.6. The van der Waals surface area contributed by atoms with Crippen molar-refractivity contribution >= 4 is 43.0 Å². The number of unbranched alkanes of at least 4 members (excludes halogenated alkanes) is 1. The van der Waals surface area contributed by atoms with Gasteiger partial charge in [-0.3, -0.25) is 33.3 Å². The standard InChI is InChI=1S/C37H57N8O11P/c1-22(2)14-28(42-37(52)31-16-27(18-45(31)24(4)47)56-13-9-8-12-25-10-6-5-7-11-25)34(49)41-29(15-26-17-39-21-40-26)35(50)43-30(19-46)36(51)44-32(33(38)48)23(3)20-57(53,54)55/h5-7,10-11,17,21-23,27-32,46H,8-9,12-16,18-20H2,1-4H3,(H2,38,48)(H,39,40)(H,41,49)(H,42,52)(H,43,50)(H,44,51)(H2,53,54,55). The van der Waals surface area contributed by atoms with Gasteiger partial charge in [0.25, 0.3) is 0 Å². The molecular formula is C37H57N8O11P. The summed E-state index contributed by atoms with van der Waals surface area (Å²) in [5.41, 5.74) is 7.02. The van der Waals surface area contributed by atoms with E-state index in [4.69, 9.17) is 10.5 Å². The van der Waals surface area contributed by atoms with Crippen molar-refractivity contribution in [3.8, 4) is 0 Å². The molecule has 3 rings (SSSR count). The molecule has 0 aliphatic carbocycles. The Balaban J connectivity index is 1.69. The smallest absolute Gasteiger partial charge is 0.325 e. The number of aromatic amines is 1. The number of nitrogens with zero attached hydrogens (tertiary/aromatic N) is 2. The zero-order valence-corrected chi connectivity index (χ0v) is 33.7. The van der Waals surface area contributed by atoms with Gasteiger partial charge in [-0.15, -0.1) is 0 Å². The summed E-state index contributed by atoms with van der Waals surface area (Å²) in [5, 5.41) is 20.0. The molecule has 1 aliphatic heterocycles. The monoisotopic (exact) mass is 820 g/mol. The van der Waals surface area contributed by atoms with Gasteiger partial charge in [0.2, 0.25) is 35.4 Å². The van der Waals surface area contributed by atoms with Crippen LogP contribution in [-0.2, 0) is 50.9 Å².